The molecule has 1 saturated heterocycles. The van der Waals surface area contributed by atoms with E-state index < -0.39 is 20.7 Å². The third-order valence-corrected chi connectivity index (χ3v) is 5.73. The fourth-order valence-electron chi connectivity index (χ4n) is 2.45. The van der Waals surface area contributed by atoms with Crippen molar-refractivity contribution in [1.29, 1.82) is 0 Å². The Morgan fingerprint density at radius 3 is 2.43 bits per heavy atom. The Morgan fingerprint density at radius 1 is 1.26 bits per heavy atom. The summed E-state index contributed by atoms with van der Waals surface area (Å²) in [4.78, 5) is 13.4. The van der Waals surface area contributed by atoms with Gasteiger partial charge in [-0.1, -0.05) is 0 Å². The molecule has 0 unspecified atom stereocenters. The minimum Gasteiger partial charge on any atom is -0.379 e. The summed E-state index contributed by atoms with van der Waals surface area (Å²) in [6, 6.07) is 3.47. The van der Waals surface area contributed by atoms with E-state index in [1.807, 2.05) is 13.8 Å². The van der Waals surface area contributed by atoms with E-state index in [4.69, 9.17) is 4.74 Å². The highest BCUT2D eigenvalue weighted by molar-refractivity contribution is 7.89. The molecule has 6 nitrogen and oxygen atoms in total. The van der Waals surface area contributed by atoms with Gasteiger partial charge in [0.1, 0.15) is 10.7 Å². The topological polar surface area (TPSA) is 66.9 Å². The summed E-state index contributed by atoms with van der Waals surface area (Å²) >= 11 is 0. The van der Waals surface area contributed by atoms with E-state index in [-0.39, 0.29) is 37.8 Å². The molecule has 23 heavy (non-hydrogen) atoms. The molecule has 1 aromatic carbocycles. The van der Waals surface area contributed by atoms with E-state index in [1.54, 1.807) is 4.90 Å². The second-order valence-electron chi connectivity index (χ2n) is 5.14. The van der Waals surface area contributed by atoms with Crippen LogP contribution < -0.4 is 0 Å². The molecular weight excluding hydrogens is 323 g/mol. The van der Waals surface area contributed by atoms with Gasteiger partial charge in [0.15, 0.2) is 0 Å². The monoisotopic (exact) mass is 344 g/mol. The van der Waals surface area contributed by atoms with Crippen LogP contribution in [0.4, 0.5) is 4.39 Å². The Morgan fingerprint density at radius 2 is 1.87 bits per heavy atom. The summed E-state index contributed by atoms with van der Waals surface area (Å²) < 4.78 is 45.6. The molecule has 128 valence electrons. The van der Waals surface area contributed by atoms with E-state index in [2.05, 4.69) is 0 Å². The highest BCUT2D eigenvalue weighted by Gasteiger charge is 2.30. The van der Waals surface area contributed by atoms with Crippen LogP contribution in [0.2, 0.25) is 0 Å². The van der Waals surface area contributed by atoms with Gasteiger partial charge in [0.2, 0.25) is 10.0 Å². The summed E-state index contributed by atoms with van der Waals surface area (Å²) in [5.74, 6) is -1.17. The first-order valence-corrected chi connectivity index (χ1v) is 9.02. The zero-order chi connectivity index (χ0) is 17.0. The molecule has 1 amide bonds. The van der Waals surface area contributed by atoms with Gasteiger partial charge in [0, 0.05) is 31.7 Å². The van der Waals surface area contributed by atoms with Crippen LogP contribution in [0.1, 0.15) is 24.2 Å². The molecule has 0 N–H and O–H groups in total. The van der Waals surface area contributed by atoms with Gasteiger partial charge in [0.05, 0.1) is 13.2 Å². The van der Waals surface area contributed by atoms with Crippen LogP contribution in [0.15, 0.2) is 23.1 Å². The predicted octanol–water partition coefficient (Wildman–Crippen LogP) is 1.33. The van der Waals surface area contributed by atoms with Gasteiger partial charge in [-0.25, -0.2) is 12.8 Å². The first-order valence-electron chi connectivity index (χ1n) is 7.58. The number of hydrogen-bond donors (Lipinski definition) is 0. The first kappa shape index (κ1) is 17.8. The number of ether oxygens (including phenoxy) is 1. The molecule has 1 aliphatic heterocycles. The molecule has 0 aromatic heterocycles. The standard InChI is InChI=1S/C15H21FN2O4S/c1-3-17(4-2)15(19)12-5-6-13(16)14(11-12)23(20,21)18-7-9-22-10-8-18/h5-6,11H,3-4,7-10H2,1-2H3. The smallest absolute Gasteiger partial charge is 0.253 e. The van der Waals surface area contributed by atoms with Gasteiger partial charge in [-0.3, -0.25) is 4.79 Å². The van der Waals surface area contributed by atoms with Gasteiger partial charge in [-0.05, 0) is 32.0 Å². The third kappa shape index (κ3) is 3.70. The lowest BCUT2D eigenvalue weighted by Gasteiger charge is -2.26. The average molecular weight is 344 g/mol. The molecule has 1 aliphatic rings. The van der Waals surface area contributed by atoms with Crippen LogP contribution in [-0.4, -0.2) is 62.9 Å². The van der Waals surface area contributed by atoms with Gasteiger partial charge >= 0.3 is 0 Å². The Labute approximate surface area is 135 Å². The summed E-state index contributed by atoms with van der Waals surface area (Å²) in [5.41, 5.74) is 0.168. The number of carbonyl (C=O) groups is 1. The summed E-state index contributed by atoms with van der Waals surface area (Å²) in [6.45, 7) is 5.56. The van der Waals surface area contributed by atoms with Crippen LogP contribution in [0, 0.1) is 5.82 Å². The summed E-state index contributed by atoms with van der Waals surface area (Å²) in [5, 5.41) is 0. The van der Waals surface area contributed by atoms with Crippen molar-refractivity contribution in [2.45, 2.75) is 18.7 Å². The molecule has 1 heterocycles. The SMILES string of the molecule is CCN(CC)C(=O)c1ccc(F)c(S(=O)(=O)N2CCOCC2)c1. The van der Waals surface area contributed by atoms with E-state index in [0.29, 0.717) is 13.1 Å². The number of hydrogen-bond acceptors (Lipinski definition) is 4. The molecule has 8 heteroatoms. The van der Waals surface area contributed by atoms with Gasteiger partial charge in [-0.15, -0.1) is 0 Å². The summed E-state index contributed by atoms with van der Waals surface area (Å²) in [7, 11) is -3.98. The highest BCUT2D eigenvalue weighted by Crippen LogP contribution is 2.22. The van der Waals surface area contributed by atoms with E-state index in [9.17, 15) is 17.6 Å². The van der Waals surface area contributed by atoms with Crippen LogP contribution in [-0.2, 0) is 14.8 Å². The van der Waals surface area contributed by atoms with E-state index in [0.717, 1.165) is 12.1 Å². The minimum atomic E-state index is -3.98. The maximum atomic E-state index is 14.1. The van der Waals surface area contributed by atoms with Crippen molar-refractivity contribution in [3.8, 4) is 0 Å². The van der Waals surface area contributed by atoms with Crippen LogP contribution in [0.3, 0.4) is 0 Å². The van der Waals surface area contributed by atoms with Crippen LogP contribution >= 0.6 is 0 Å². The molecule has 0 aliphatic carbocycles. The number of sulfonamides is 1. The number of nitrogens with zero attached hydrogens (tertiary/aromatic N) is 2. The van der Waals surface area contributed by atoms with E-state index >= 15 is 0 Å². The maximum absolute atomic E-state index is 14.1. The second-order valence-corrected chi connectivity index (χ2v) is 7.05. The maximum Gasteiger partial charge on any atom is 0.253 e. The van der Waals surface area contributed by atoms with Crippen molar-refractivity contribution < 1.29 is 22.3 Å². The number of halogens is 1. The number of amides is 1. The largest absolute Gasteiger partial charge is 0.379 e. The van der Waals surface area contributed by atoms with E-state index in [1.165, 1.54) is 10.4 Å². The Balaban J connectivity index is 2.39. The predicted molar refractivity (Wildman–Crippen MR) is 83.2 cm³/mol. The molecule has 0 spiro atoms. The van der Waals surface area contributed by atoms with Gasteiger partial charge in [0.25, 0.3) is 5.91 Å². The van der Waals surface area contributed by atoms with Crippen LogP contribution in [0.5, 0.6) is 0 Å². The average Bonchev–Trinajstić information content (AvgIpc) is 2.57. The molecule has 1 aromatic rings. The van der Waals surface area contributed by atoms with Crippen molar-refractivity contribution in [3.63, 3.8) is 0 Å². The molecule has 0 bridgehead atoms. The zero-order valence-electron chi connectivity index (χ0n) is 13.3. The van der Waals surface area contributed by atoms with Crippen molar-refractivity contribution in [2.24, 2.45) is 0 Å². The zero-order valence-corrected chi connectivity index (χ0v) is 14.1. The van der Waals surface area contributed by atoms with Crippen molar-refractivity contribution in [1.82, 2.24) is 9.21 Å². The van der Waals surface area contributed by atoms with Gasteiger partial charge in [-0.2, -0.15) is 4.31 Å². The Hall–Kier alpha value is -1.51. The fourth-order valence-corrected chi connectivity index (χ4v) is 3.95. The lowest BCUT2D eigenvalue weighted by Crippen LogP contribution is -2.41. The molecule has 0 saturated carbocycles. The quantitative estimate of drug-likeness (QED) is 0.808. The Kier molecular flexibility index (Phi) is 5.72. The molecular formula is C15H21FN2O4S. The lowest BCUT2D eigenvalue weighted by atomic mass is 10.2. The van der Waals surface area contributed by atoms with Crippen LogP contribution in [0.25, 0.3) is 0 Å². The third-order valence-electron chi connectivity index (χ3n) is 3.82. The van der Waals surface area contributed by atoms with Crippen molar-refractivity contribution in [3.05, 3.63) is 29.6 Å². The molecule has 1 fully saturated rings. The number of morpholine rings is 1. The Bertz CT molecular complexity index is 668. The normalized spacial score (nSPS) is 16.3. The lowest BCUT2D eigenvalue weighted by molar-refractivity contribution is 0.0729. The number of benzene rings is 1. The first-order chi connectivity index (χ1) is 10.9. The molecule has 0 atom stereocenters. The fraction of sp³-hybridized carbons (Fsp3) is 0.533. The highest BCUT2D eigenvalue weighted by atomic mass is 32.2. The van der Waals surface area contributed by atoms with Gasteiger partial charge < -0.3 is 9.64 Å². The molecule has 0 radical (unpaired) electrons. The number of rotatable bonds is 5. The van der Waals surface area contributed by atoms with Crippen molar-refractivity contribution >= 4 is 15.9 Å². The number of carbonyl (C=O) groups excluding carboxylic acids is 1. The second kappa shape index (κ2) is 7.37. The minimum absolute atomic E-state index is 0.168. The van der Waals surface area contributed by atoms with Crippen molar-refractivity contribution in [2.75, 3.05) is 39.4 Å². The summed E-state index contributed by atoms with van der Waals surface area (Å²) in [6.07, 6.45) is 0. The molecule has 2 rings (SSSR count).